The summed E-state index contributed by atoms with van der Waals surface area (Å²) in [5.41, 5.74) is 1.56. The van der Waals surface area contributed by atoms with Gasteiger partial charge in [0.15, 0.2) is 5.78 Å². The van der Waals surface area contributed by atoms with Gasteiger partial charge in [-0.15, -0.1) is 0 Å². The molecule has 1 aliphatic heterocycles. The fraction of sp³-hybridized carbons (Fsp3) is 0.250. The van der Waals surface area contributed by atoms with Gasteiger partial charge in [0.1, 0.15) is 0 Å². The first-order chi connectivity index (χ1) is 7.20. The first-order valence-corrected chi connectivity index (χ1v) is 5.27. The van der Waals surface area contributed by atoms with Crippen molar-refractivity contribution in [3.05, 3.63) is 40.9 Å². The van der Waals surface area contributed by atoms with Crippen LogP contribution in [0.4, 0.5) is 5.69 Å². The van der Waals surface area contributed by atoms with Crippen LogP contribution < -0.4 is 4.90 Å². The lowest BCUT2D eigenvalue weighted by molar-refractivity contribution is 0.101. The number of ketones is 1. The zero-order chi connectivity index (χ0) is 10.8. The van der Waals surface area contributed by atoms with Crippen LogP contribution in [-0.2, 0) is 0 Å². The number of anilines is 1. The van der Waals surface area contributed by atoms with Crippen molar-refractivity contribution in [2.24, 2.45) is 0 Å². The van der Waals surface area contributed by atoms with E-state index in [9.17, 15) is 4.79 Å². The summed E-state index contributed by atoms with van der Waals surface area (Å²) < 4.78 is 0. The summed E-state index contributed by atoms with van der Waals surface area (Å²) in [5.74, 6) is 0.0162. The highest BCUT2D eigenvalue weighted by Crippen LogP contribution is 2.28. The van der Waals surface area contributed by atoms with Crippen LogP contribution in [0, 0.1) is 0 Å². The molecule has 0 atom stereocenters. The Morgan fingerprint density at radius 3 is 2.60 bits per heavy atom. The summed E-state index contributed by atoms with van der Waals surface area (Å²) in [5, 5.41) is 0.534. The average Bonchev–Trinajstić information content (AvgIpc) is 2.69. The molecule has 0 saturated carbocycles. The Hall–Kier alpha value is -1.28. The van der Waals surface area contributed by atoms with E-state index >= 15 is 0 Å². The van der Waals surface area contributed by atoms with Gasteiger partial charge >= 0.3 is 0 Å². The topological polar surface area (TPSA) is 20.3 Å². The van der Waals surface area contributed by atoms with Gasteiger partial charge in [-0.2, -0.15) is 0 Å². The van der Waals surface area contributed by atoms with Gasteiger partial charge < -0.3 is 4.90 Å². The monoisotopic (exact) mass is 221 g/mol. The molecule has 3 heteroatoms. The molecule has 0 unspecified atom stereocenters. The number of rotatable bonds is 2. The van der Waals surface area contributed by atoms with Crippen LogP contribution >= 0.6 is 11.6 Å². The van der Waals surface area contributed by atoms with Crippen LogP contribution in [-0.4, -0.2) is 18.9 Å². The number of carbonyl (C=O) groups is 1. The van der Waals surface area contributed by atoms with Gasteiger partial charge in [-0.25, -0.2) is 0 Å². The van der Waals surface area contributed by atoms with Crippen LogP contribution in [0.5, 0.6) is 0 Å². The third kappa shape index (κ3) is 1.90. The lowest BCUT2D eigenvalue weighted by Gasteiger charge is -2.20. The van der Waals surface area contributed by atoms with Gasteiger partial charge in [0.05, 0.1) is 10.6 Å². The van der Waals surface area contributed by atoms with E-state index in [1.165, 1.54) is 0 Å². The maximum atomic E-state index is 11.5. The van der Waals surface area contributed by atoms with Gasteiger partial charge in [-0.05, 0) is 19.1 Å². The van der Waals surface area contributed by atoms with Crippen molar-refractivity contribution < 1.29 is 4.79 Å². The minimum Gasteiger partial charge on any atom is -0.363 e. The highest BCUT2D eigenvalue weighted by molar-refractivity contribution is 6.34. The van der Waals surface area contributed by atoms with Crippen molar-refractivity contribution >= 4 is 23.1 Å². The smallest absolute Gasteiger partial charge is 0.163 e. The molecule has 78 valence electrons. The SMILES string of the molecule is CC(=O)c1c(Cl)cccc1N1CC=CC1. The zero-order valence-electron chi connectivity index (χ0n) is 8.53. The van der Waals surface area contributed by atoms with Gasteiger partial charge in [0.2, 0.25) is 0 Å². The van der Waals surface area contributed by atoms with E-state index < -0.39 is 0 Å². The fourth-order valence-corrected chi connectivity index (χ4v) is 2.10. The molecule has 1 heterocycles. The first kappa shape index (κ1) is 10.2. The van der Waals surface area contributed by atoms with Gasteiger partial charge in [-0.1, -0.05) is 29.8 Å². The number of nitrogens with zero attached hydrogens (tertiary/aromatic N) is 1. The first-order valence-electron chi connectivity index (χ1n) is 4.89. The number of Topliss-reactive ketones (excluding diaryl/α,β-unsaturated/α-hetero) is 1. The van der Waals surface area contributed by atoms with E-state index in [1.807, 2.05) is 12.1 Å². The quantitative estimate of drug-likeness (QED) is 0.565. The Morgan fingerprint density at radius 2 is 2.00 bits per heavy atom. The lowest BCUT2D eigenvalue weighted by Crippen LogP contribution is -2.21. The largest absolute Gasteiger partial charge is 0.363 e. The second-order valence-electron chi connectivity index (χ2n) is 3.57. The normalized spacial score (nSPS) is 14.7. The van der Waals surface area contributed by atoms with Crippen LogP contribution in [0.25, 0.3) is 0 Å². The molecule has 0 radical (unpaired) electrons. The third-order valence-electron chi connectivity index (χ3n) is 2.50. The molecular formula is C12H12ClNO. The third-order valence-corrected chi connectivity index (χ3v) is 2.82. The van der Waals surface area contributed by atoms with E-state index in [2.05, 4.69) is 17.1 Å². The average molecular weight is 222 g/mol. The van der Waals surface area contributed by atoms with Crippen molar-refractivity contribution in [2.45, 2.75) is 6.92 Å². The second kappa shape index (κ2) is 4.07. The standard InChI is InChI=1S/C12H12ClNO/c1-9(15)12-10(13)5-4-6-11(12)14-7-2-3-8-14/h2-6H,7-8H2,1H3. The molecule has 1 aromatic rings. The van der Waals surface area contributed by atoms with Crippen LogP contribution in [0.3, 0.4) is 0 Å². The zero-order valence-corrected chi connectivity index (χ0v) is 9.29. The number of hydrogen-bond donors (Lipinski definition) is 0. The molecular weight excluding hydrogens is 210 g/mol. The Bertz CT molecular complexity index is 418. The Kier molecular flexibility index (Phi) is 2.78. The van der Waals surface area contributed by atoms with Crippen LogP contribution in [0.15, 0.2) is 30.4 Å². The Morgan fingerprint density at radius 1 is 1.33 bits per heavy atom. The Labute approximate surface area is 94.2 Å². The molecule has 2 rings (SSSR count). The number of benzene rings is 1. The highest BCUT2D eigenvalue weighted by Gasteiger charge is 2.17. The van der Waals surface area contributed by atoms with E-state index in [-0.39, 0.29) is 5.78 Å². The van der Waals surface area contributed by atoms with Gasteiger partial charge in [0.25, 0.3) is 0 Å². The maximum absolute atomic E-state index is 11.5. The van der Waals surface area contributed by atoms with E-state index in [4.69, 9.17) is 11.6 Å². The van der Waals surface area contributed by atoms with E-state index in [0.717, 1.165) is 18.8 Å². The summed E-state index contributed by atoms with van der Waals surface area (Å²) in [4.78, 5) is 13.6. The van der Waals surface area contributed by atoms with Crippen molar-refractivity contribution in [1.29, 1.82) is 0 Å². The fourth-order valence-electron chi connectivity index (χ4n) is 1.80. The number of carbonyl (C=O) groups excluding carboxylic acids is 1. The molecule has 0 amide bonds. The summed E-state index contributed by atoms with van der Waals surface area (Å²) in [6.45, 7) is 3.25. The number of halogens is 1. The summed E-state index contributed by atoms with van der Waals surface area (Å²) >= 11 is 6.03. The van der Waals surface area contributed by atoms with Crippen molar-refractivity contribution in [3.63, 3.8) is 0 Å². The second-order valence-corrected chi connectivity index (χ2v) is 3.97. The molecule has 0 spiro atoms. The summed E-state index contributed by atoms with van der Waals surface area (Å²) in [7, 11) is 0. The molecule has 0 N–H and O–H groups in total. The molecule has 0 bridgehead atoms. The number of hydrogen-bond acceptors (Lipinski definition) is 2. The minimum absolute atomic E-state index is 0.0162. The molecule has 0 fully saturated rings. The van der Waals surface area contributed by atoms with Crippen LogP contribution in [0.1, 0.15) is 17.3 Å². The molecule has 0 saturated heterocycles. The Balaban J connectivity index is 2.45. The molecule has 0 aliphatic carbocycles. The predicted molar refractivity (Wildman–Crippen MR) is 62.8 cm³/mol. The van der Waals surface area contributed by atoms with Crippen molar-refractivity contribution in [1.82, 2.24) is 0 Å². The highest BCUT2D eigenvalue weighted by atomic mass is 35.5. The van der Waals surface area contributed by atoms with Crippen LogP contribution in [0.2, 0.25) is 5.02 Å². The van der Waals surface area contributed by atoms with Crippen molar-refractivity contribution in [2.75, 3.05) is 18.0 Å². The lowest BCUT2D eigenvalue weighted by atomic mass is 10.1. The minimum atomic E-state index is 0.0162. The molecule has 0 aromatic heterocycles. The molecule has 1 aliphatic rings. The molecule has 15 heavy (non-hydrogen) atoms. The van der Waals surface area contributed by atoms with E-state index in [1.54, 1.807) is 13.0 Å². The summed E-state index contributed by atoms with van der Waals surface area (Å²) in [6.07, 6.45) is 4.18. The predicted octanol–water partition coefficient (Wildman–Crippen LogP) is 2.92. The maximum Gasteiger partial charge on any atom is 0.163 e. The van der Waals surface area contributed by atoms with Crippen molar-refractivity contribution in [3.8, 4) is 0 Å². The summed E-state index contributed by atoms with van der Waals surface area (Å²) in [6, 6.07) is 5.57. The van der Waals surface area contributed by atoms with E-state index in [0.29, 0.717) is 10.6 Å². The molecule has 1 aromatic carbocycles. The van der Waals surface area contributed by atoms with Gasteiger partial charge in [0, 0.05) is 18.8 Å². The molecule has 2 nitrogen and oxygen atoms in total. The van der Waals surface area contributed by atoms with Gasteiger partial charge in [-0.3, -0.25) is 4.79 Å².